The number of carboxylic acids is 1. The first-order valence-corrected chi connectivity index (χ1v) is 10.9. The Bertz CT molecular complexity index is 844. The molecule has 0 aliphatic carbocycles. The fourth-order valence-electron chi connectivity index (χ4n) is 3.16. The molecule has 0 spiro atoms. The Morgan fingerprint density at radius 2 is 1.75 bits per heavy atom. The zero-order valence-electron chi connectivity index (χ0n) is 17.3. The summed E-state index contributed by atoms with van der Waals surface area (Å²) in [6.45, 7) is -0.890. The van der Waals surface area contributed by atoms with Crippen molar-refractivity contribution in [2.75, 3.05) is 13.2 Å². The van der Waals surface area contributed by atoms with Crippen LogP contribution in [0.4, 0.5) is 0 Å². The molecule has 15 nitrogen and oxygen atoms in total. The predicted molar refractivity (Wildman–Crippen MR) is 79.8 cm³/mol. The van der Waals surface area contributed by atoms with Gasteiger partial charge < -0.3 is 43.1 Å². The van der Waals surface area contributed by atoms with Crippen molar-refractivity contribution in [3.8, 4) is 0 Å². The van der Waals surface area contributed by atoms with Crippen molar-refractivity contribution in [1.29, 1.82) is 0 Å². The first-order valence-electron chi connectivity index (χ1n) is 8.14. The molecular formula is C12H16NNa3O14S2. The van der Waals surface area contributed by atoms with Crippen molar-refractivity contribution in [2.45, 2.75) is 55.4 Å². The van der Waals surface area contributed by atoms with E-state index in [1.54, 1.807) is 4.72 Å². The molecule has 2 N–H and O–H groups in total. The third-order valence-corrected chi connectivity index (χ3v) is 5.41. The molecule has 0 radical (unpaired) electrons. The van der Waals surface area contributed by atoms with Gasteiger partial charge in [-0.15, -0.1) is 0 Å². The Morgan fingerprint density at radius 3 is 2.28 bits per heavy atom. The first-order chi connectivity index (χ1) is 13.3. The number of hydrogen-bond acceptors (Lipinski definition) is 14. The average molecular weight is 531 g/mol. The molecule has 0 saturated carbocycles. The Kier molecular flexibility index (Phi) is 14.4. The molecule has 0 amide bonds. The second-order valence-corrected chi connectivity index (χ2v) is 8.73. The normalized spacial score (nSPS) is 36.5. The number of aliphatic hydroxyl groups is 1. The zero-order chi connectivity index (χ0) is 21.6. The fourth-order valence-corrected chi connectivity index (χ4v) is 4.08. The number of hydrogen-bond donors (Lipinski definition) is 2. The van der Waals surface area contributed by atoms with Crippen LogP contribution in [0.25, 0.3) is 0 Å². The number of aliphatic hydroxyl groups excluding tert-OH is 1. The summed E-state index contributed by atoms with van der Waals surface area (Å²) in [5, 5.41) is 21.5. The van der Waals surface area contributed by atoms with Gasteiger partial charge in [-0.1, -0.05) is 0 Å². The maximum atomic E-state index is 11.3. The van der Waals surface area contributed by atoms with E-state index in [9.17, 15) is 40.9 Å². The molecule has 32 heavy (non-hydrogen) atoms. The smallest absolute Gasteiger partial charge is 0.735 e. The van der Waals surface area contributed by atoms with Crippen molar-refractivity contribution >= 4 is 26.7 Å². The van der Waals surface area contributed by atoms with Gasteiger partial charge in [0, 0.05) is 6.42 Å². The molecule has 0 bridgehead atoms. The summed E-state index contributed by atoms with van der Waals surface area (Å²) in [5.41, 5.74) is 0. The third-order valence-electron chi connectivity index (χ3n) is 4.42. The van der Waals surface area contributed by atoms with Gasteiger partial charge in [-0.25, -0.2) is 21.6 Å². The number of fused-ring (bicyclic) bond motifs is 1. The zero-order valence-corrected chi connectivity index (χ0v) is 24.9. The number of epoxide rings is 1. The molecule has 3 fully saturated rings. The second kappa shape index (κ2) is 13.5. The summed E-state index contributed by atoms with van der Waals surface area (Å²) in [6.07, 6.45) is -9.32. The molecule has 8 atom stereocenters. The van der Waals surface area contributed by atoms with E-state index < -0.39 is 88.7 Å². The summed E-state index contributed by atoms with van der Waals surface area (Å²) >= 11 is 0. The van der Waals surface area contributed by atoms with Gasteiger partial charge in [-0.3, -0.25) is 4.18 Å². The van der Waals surface area contributed by atoms with Crippen molar-refractivity contribution in [2.24, 2.45) is 0 Å². The molecule has 0 aromatic carbocycles. The Morgan fingerprint density at radius 1 is 1.12 bits per heavy atom. The summed E-state index contributed by atoms with van der Waals surface area (Å²) in [6, 6.07) is -1.68. The molecule has 0 aromatic heterocycles. The van der Waals surface area contributed by atoms with E-state index in [1.807, 2.05) is 0 Å². The second-order valence-electron chi connectivity index (χ2n) is 6.53. The van der Waals surface area contributed by atoms with E-state index in [2.05, 4.69) is 4.18 Å². The van der Waals surface area contributed by atoms with E-state index in [0.717, 1.165) is 0 Å². The first kappa shape index (κ1) is 34.0. The predicted octanol–water partition coefficient (Wildman–Crippen LogP) is -14.3. The number of ether oxygens (including phenoxy) is 4. The van der Waals surface area contributed by atoms with Gasteiger partial charge in [0.25, 0.3) is 0 Å². The van der Waals surface area contributed by atoms with Crippen LogP contribution in [0.3, 0.4) is 0 Å². The van der Waals surface area contributed by atoms with Crippen LogP contribution in [-0.4, -0.2) is 99.2 Å². The molecular weight excluding hydrogens is 515 g/mol. The van der Waals surface area contributed by atoms with Crippen molar-refractivity contribution in [3.05, 3.63) is 0 Å². The van der Waals surface area contributed by atoms with Crippen LogP contribution in [0, 0.1) is 0 Å². The number of carbonyl (C=O) groups excluding carboxylic acids is 1. The van der Waals surface area contributed by atoms with Gasteiger partial charge in [0.1, 0.15) is 24.4 Å². The Balaban J connectivity index is 0.00000320. The summed E-state index contributed by atoms with van der Waals surface area (Å²) in [5.74, 6) is -1.65. The van der Waals surface area contributed by atoms with Crippen LogP contribution < -0.4 is 98.5 Å². The quantitative estimate of drug-likeness (QED) is 0.128. The third kappa shape index (κ3) is 9.81. The Hall–Kier alpha value is 2.01. The molecule has 3 aliphatic heterocycles. The number of carboxylic acid groups (broad SMARTS) is 1. The summed E-state index contributed by atoms with van der Waals surface area (Å²) in [4.78, 5) is 11.3. The topological polar surface area (TPSA) is 236 Å². The maximum absolute atomic E-state index is 11.3. The van der Waals surface area contributed by atoms with Gasteiger partial charge in [-0.2, -0.15) is 0 Å². The molecule has 3 rings (SSSR count). The largest absolute Gasteiger partial charge is 1.00 e. The molecule has 0 aromatic rings. The standard InChI is InChI=1S/C12H19NO14S2.3Na/c14-5-1-4(2-24-29(20,21)22)25-12(7(5)13-28(17,18)19)27-9-8-6(26-8)3-23-10(9)11(15)16;;;/h4-10,12-14H,1-3H2,(H,15,16)(H,17,18,19)(H,20,21,22);;;/q;3*+1/p-3/t4?,5-,6?,7?,8+,9-,10?,12+;;;/m1.../s1. The number of nitrogens with one attached hydrogen (secondary N) is 1. The Labute approximate surface area is 249 Å². The van der Waals surface area contributed by atoms with Crippen LogP contribution >= 0.6 is 0 Å². The molecule has 168 valence electrons. The van der Waals surface area contributed by atoms with Crippen LogP contribution in [-0.2, 0) is 48.6 Å². The van der Waals surface area contributed by atoms with Crippen molar-refractivity contribution in [3.63, 3.8) is 0 Å². The van der Waals surface area contributed by atoms with E-state index in [-0.39, 0.29) is 95.3 Å². The van der Waals surface area contributed by atoms with Crippen molar-refractivity contribution in [1.82, 2.24) is 4.72 Å². The van der Waals surface area contributed by atoms with E-state index in [0.29, 0.717) is 0 Å². The summed E-state index contributed by atoms with van der Waals surface area (Å²) < 4.78 is 91.7. The minimum Gasteiger partial charge on any atom is -0.735 e. The molecule has 4 unspecified atom stereocenters. The minimum atomic E-state index is -5.10. The van der Waals surface area contributed by atoms with Crippen LogP contribution in [0.2, 0.25) is 0 Å². The molecule has 3 aliphatic rings. The van der Waals surface area contributed by atoms with Gasteiger partial charge in [0.05, 0.1) is 37.4 Å². The number of rotatable bonds is 8. The molecule has 3 saturated heterocycles. The monoisotopic (exact) mass is 531 g/mol. The molecule has 20 heteroatoms. The average Bonchev–Trinajstić information content (AvgIpc) is 3.34. The maximum Gasteiger partial charge on any atom is 1.00 e. The molecule has 3 heterocycles. The van der Waals surface area contributed by atoms with Crippen LogP contribution in [0.1, 0.15) is 6.42 Å². The number of aliphatic carboxylic acids is 1. The van der Waals surface area contributed by atoms with E-state index >= 15 is 0 Å². The van der Waals surface area contributed by atoms with Crippen LogP contribution in [0.5, 0.6) is 0 Å². The van der Waals surface area contributed by atoms with Gasteiger partial charge in [0.2, 0.25) is 10.4 Å². The van der Waals surface area contributed by atoms with Crippen molar-refractivity contribution < 1.29 is 153 Å². The van der Waals surface area contributed by atoms with Crippen LogP contribution in [0.15, 0.2) is 0 Å². The van der Waals surface area contributed by atoms with E-state index in [4.69, 9.17) is 18.9 Å². The minimum absolute atomic E-state index is 0. The van der Waals surface area contributed by atoms with Gasteiger partial charge in [-0.05, 0) is 0 Å². The van der Waals surface area contributed by atoms with E-state index in [1.165, 1.54) is 0 Å². The fraction of sp³-hybridized carbons (Fsp3) is 0.917. The SMILES string of the molecule is O=C([O-])C1OCC2O[C@@H]2[C@H]1O[C@@H]1OC(COS(=O)(=O)[O-])C[C@@H](O)C1NS(=O)(=O)[O-].[Na+].[Na+].[Na+]. The van der Waals surface area contributed by atoms with Gasteiger partial charge >= 0.3 is 88.7 Å². The summed E-state index contributed by atoms with van der Waals surface area (Å²) in [7, 11) is -10.2. The number of carbonyl (C=O) groups is 1. The van der Waals surface area contributed by atoms with Gasteiger partial charge in [0.15, 0.2) is 16.6 Å².